The van der Waals surface area contributed by atoms with Gasteiger partial charge in [-0.1, -0.05) is 37.2 Å². The summed E-state index contributed by atoms with van der Waals surface area (Å²) in [6.07, 6.45) is 0.652. The number of nitrogens with one attached hydrogen (secondary N) is 2. The standard InChI is InChI=1S/C19H29N5O2/c1-5-20-19(21-12-11-17-23-18(14(3)4)24-26-17)22-13-15-9-7-8-10-16(15)25-6-2/h7-10,14H,5-6,11-13H2,1-4H3,(H2,20,21,22). The van der Waals surface area contributed by atoms with E-state index >= 15 is 0 Å². The first-order valence-corrected chi connectivity index (χ1v) is 9.19. The van der Waals surface area contributed by atoms with Gasteiger partial charge in [0.1, 0.15) is 5.75 Å². The Morgan fingerprint density at radius 2 is 2.04 bits per heavy atom. The van der Waals surface area contributed by atoms with Crippen molar-refractivity contribution in [2.45, 2.75) is 46.6 Å². The summed E-state index contributed by atoms with van der Waals surface area (Å²) in [6, 6.07) is 7.97. The molecular weight excluding hydrogens is 330 g/mol. The maximum Gasteiger partial charge on any atom is 0.228 e. The molecule has 0 bridgehead atoms. The molecule has 0 saturated carbocycles. The molecule has 2 rings (SSSR count). The summed E-state index contributed by atoms with van der Waals surface area (Å²) in [7, 11) is 0. The average molecular weight is 359 g/mol. The summed E-state index contributed by atoms with van der Waals surface area (Å²) in [4.78, 5) is 9.02. The highest BCUT2D eigenvalue weighted by Crippen LogP contribution is 2.18. The molecule has 0 fully saturated rings. The van der Waals surface area contributed by atoms with E-state index in [1.165, 1.54) is 0 Å². The fourth-order valence-electron chi connectivity index (χ4n) is 2.33. The highest BCUT2D eigenvalue weighted by molar-refractivity contribution is 5.79. The van der Waals surface area contributed by atoms with E-state index in [1.54, 1.807) is 0 Å². The maximum absolute atomic E-state index is 5.65. The van der Waals surface area contributed by atoms with Gasteiger partial charge in [-0.2, -0.15) is 4.98 Å². The van der Waals surface area contributed by atoms with Crippen molar-refractivity contribution in [3.63, 3.8) is 0 Å². The first-order valence-electron chi connectivity index (χ1n) is 9.19. The first kappa shape index (κ1) is 19.8. The van der Waals surface area contributed by atoms with Crippen LogP contribution in [0.5, 0.6) is 5.75 Å². The summed E-state index contributed by atoms with van der Waals surface area (Å²) >= 11 is 0. The molecule has 7 heteroatoms. The van der Waals surface area contributed by atoms with Gasteiger partial charge < -0.3 is 19.9 Å². The molecule has 0 unspecified atom stereocenters. The zero-order chi connectivity index (χ0) is 18.8. The Bertz CT molecular complexity index is 697. The molecule has 0 aliphatic carbocycles. The van der Waals surface area contributed by atoms with E-state index in [2.05, 4.69) is 25.8 Å². The predicted molar refractivity (Wildman–Crippen MR) is 103 cm³/mol. The van der Waals surface area contributed by atoms with Gasteiger partial charge in [0.05, 0.1) is 13.2 Å². The second-order valence-corrected chi connectivity index (χ2v) is 6.11. The van der Waals surface area contributed by atoms with Gasteiger partial charge in [-0.25, -0.2) is 4.99 Å². The van der Waals surface area contributed by atoms with Crippen LogP contribution in [0.2, 0.25) is 0 Å². The minimum Gasteiger partial charge on any atom is -0.494 e. The number of hydrogen-bond acceptors (Lipinski definition) is 5. The zero-order valence-electron chi connectivity index (χ0n) is 16.1. The van der Waals surface area contributed by atoms with E-state index in [9.17, 15) is 0 Å². The quantitative estimate of drug-likeness (QED) is 0.529. The van der Waals surface area contributed by atoms with E-state index in [0.29, 0.717) is 32.0 Å². The van der Waals surface area contributed by atoms with Crippen LogP contribution in [0.1, 0.15) is 50.9 Å². The summed E-state index contributed by atoms with van der Waals surface area (Å²) in [5, 5.41) is 10.5. The van der Waals surface area contributed by atoms with Gasteiger partial charge in [0, 0.05) is 31.0 Å². The topological polar surface area (TPSA) is 84.6 Å². The molecule has 142 valence electrons. The molecule has 0 spiro atoms. The Labute approximate surface area is 155 Å². The third-order valence-corrected chi connectivity index (χ3v) is 3.66. The molecular formula is C19H29N5O2. The molecule has 1 aromatic heterocycles. The molecule has 1 heterocycles. The summed E-state index contributed by atoms with van der Waals surface area (Å²) in [5.41, 5.74) is 1.06. The lowest BCUT2D eigenvalue weighted by Crippen LogP contribution is -2.38. The lowest BCUT2D eigenvalue weighted by Gasteiger charge is -2.12. The summed E-state index contributed by atoms with van der Waals surface area (Å²) in [6.45, 7) is 10.7. The minimum atomic E-state index is 0.268. The predicted octanol–water partition coefficient (Wildman–Crippen LogP) is 2.89. The van der Waals surface area contributed by atoms with Crippen LogP contribution in [0.4, 0.5) is 0 Å². The molecule has 0 aliphatic heterocycles. The SMILES string of the molecule is CCNC(=NCc1ccccc1OCC)NCCc1nc(C(C)C)no1. The normalized spacial score (nSPS) is 11.7. The van der Waals surface area contributed by atoms with E-state index in [1.807, 2.05) is 52.0 Å². The van der Waals surface area contributed by atoms with Gasteiger partial charge in [0.25, 0.3) is 0 Å². The van der Waals surface area contributed by atoms with Crippen LogP contribution in [0.25, 0.3) is 0 Å². The van der Waals surface area contributed by atoms with Crippen molar-refractivity contribution >= 4 is 5.96 Å². The van der Waals surface area contributed by atoms with Crippen molar-refractivity contribution in [1.82, 2.24) is 20.8 Å². The van der Waals surface area contributed by atoms with E-state index < -0.39 is 0 Å². The van der Waals surface area contributed by atoms with Gasteiger partial charge in [-0.15, -0.1) is 0 Å². The van der Waals surface area contributed by atoms with Crippen molar-refractivity contribution in [3.8, 4) is 5.75 Å². The molecule has 0 radical (unpaired) electrons. The highest BCUT2D eigenvalue weighted by atomic mass is 16.5. The third-order valence-electron chi connectivity index (χ3n) is 3.66. The Kier molecular flexibility index (Phi) is 7.92. The van der Waals surface area contributed by atoms with Gasteiger partial charge in [-0.05, 0) is 19.9 Å². The van der Waals surface area contributed by atoms with E-state index in [-0.39, 0.29) is 5.92 Å². The van der Waals surface area contributed by atoms with E-state index in [4.69, 9.17) is 9.26 Å². The molecule has 0 aliphatic rings. The molecule has 2 aromatic rings. The number of benzene rings is 1. The maximum atomic E-state index is 5.65. The number of aliphatic imine (C=N–C) groups is 1. The van der Waals surface area contributed by atoms with Crippen molar-refractivity contribution in [2.75, 3.05) is 19.7 Å². The Morgan fingerprint density at radius 3 is 2.73 bits per heavy atom. The number of aromatic nitrogens is 2. The van der Waals surface area contributed by atoms with Crippen molar-refractivity contribution < 1.29 is 9.26 Å². The van der Waals surface area contributed by atoms with Crippen LogP contribution >= 0.6 is 0 Å². The largest absolute Gasteiger partial charge is 0.494 e. The number of ether oxygens (including phenoxy) is 1. The van der Waals surface area contributed by atoms with Crippen molar-refractivity contribution in [2.24, 2.45) is 4.99 Å². The second-order valence-electron chi connectivity index (χ2n) is 6.11. The van der Waals surface area contributed by atoms with Crippen LogP contribution < -0.4 is 15.4 Å². The number of rotatable bonds is 9. The van der Waals surface area contributed by atoms with Crippen LogP contribution in [0, 0.1) is 0 Å². The fraction of sp³-hybridized carbons (Fsp3) is 0.526. The van der Waals surface area contributed by atoms with Gasteiger partial charge in [0.15, 0.2) is 11.8 Å². The van der Waals surface area contributed by atoms with Gasteiger partial charge >= 0.3 is 0 Å². The monoisotopic (exact) mass is 359 g/mol. The molecule has 0 amide bonds. The van der Waals surface area contributed by atoms with Crippen molar-refractivity contribution in [3.05, 3.63) is 41.5 Å². The number of nitrogens with zero attached hydrogens (tertiary/aromatic N) is 3. The lowest BCUT2D eigenvalue weighted by molar-refractivity contribution is 0.336. The molecule has 2 N–H and O–H groups in total. The summed E-state index contributed by atoms with van der Waals surface area (Å²) in [5.74, 6) is 3.28. The Morgan fingerprint density at radius 1 is 1.23 bits per heavy atom. The van der Waals surface area contributed by atoms with E-state index in [0.717, 1.165) is 29.6 Å². The third kappa shape index (κ3) is 6.06. The van der Waals surface area contributed by atoms with Gasteiger partial charge in [0.2, 0.25) is 5.89 Å². The fourth-order valence-corrected chi connectivity index (χ4v) is 2.33. The Balaban J connectivity index is 1.92. The smallest absolute Gasteiger partial charge is 0.228 e. The van der Waals surface area contributed by atoms with Gasteiger partial charge in [-0.3, -0.25) is 0 Å². The van der Waals surface area contributed by atoms with Crippen LogP contribution in [0.3, 0.4) is 0 Å². The molecule has 1 aromatic carbocycles. The first-order chi connectivity index (χ1) is 12.6. The molecule has 0 saturated heterocycles. The molecule has 7 nitrogen and oxygen atoms in total. The minimum absolute atomic E-state index is 0.268. The zero-order valence-corrected chi connectivity index (χ0v) is 16.1. The van der Waals surface area contributed by atoms with Crippen LogP contribution in [-0.2, 0) is 13.0 Å². The highest BCUT2D eigenvalue weighted by Gasteiger charge is 2.09. The lowest BCUT2D eigenvalue weighted by atomic mass is 10.2. The second kappa shape index (κ2) is 10.4. The average Bonchev–Trinajstić information content (AvgIpc) is 3.10. The van der Waals surface area contributed by atoms with Crippen LogP contribution in [0.15, 0.2) is 33.8 Å². The molecule has 0 atom stereocenters. The van der Waals surface area contributed by atoms with Crippen LogP contribution in [-0.4, -0.2) is 35.8 Å². The number of hydrogen-bond donors (Lipinski definition) is 2. The van der Waals surface area contributed by atoms with Crippen molar-refractivity contribution in [1.29, 1.82) is 0 Å². The Hall–Kier alpha value is -2.57. The number of para-hydroxylation sites is 1. The summed E-state index contributed by atoms with van der Waals surface area (Å²) < 4.78 is 10.9. The molecule has 26 heavy (non-hydrogen) atoms. The number of guanidine groups is 1.